The summed E-state index contributed by atoms with van der Waals surface area (Å²) in [6.07, 6.45) is 1.18. The van der Waals surface area contributed by atoms with E-state index in [0.29, 0.717) is 11.5 Å². The number of hydrogen-bond acceptors (Lipinski definition) is 2. The van der Waals surface area contributed by atoms with Gasteiger partial charge in [-0.25, -0.2) is 0 Å². The molecule has 0 saturated heterocycles. The maximum absolute atomic E-state index is 3.62. The van der Waals surface area contributed by atoms with Crippen LogP contribution in [0, 0.1) is 5.41 Å². The summed E-state index contributed by atoms with van der Waals surface area (Å²) in [5.74, 6) is 0. The Kier molecular flexibility index (Phi) is 7.21. The normalized spacial score (nSPS) is 13.8. The highest BCUT2D eigenvalue weighted by Crippen LogP contribution is 2.22. The van der Waals surface area contributed by atoms with Crippen molar-refractivity contribution in [2.45, 2.75) is 46.7 Å². The van der Waals surface area contributed by atoms with E-state index in [4.69, 9.17) is 0 Å². The summed E-state index contributed by atoms with van der Waals surface area (Å²) >= 11 is 3.53. The molecule has 0 aliphatic heterocycles. The van der Waals surface area contributed by atoms with Gasteiger partial charge in [-0.3, -0.25) is 0 Å². The van der Waals surface area contributed by atoms with Gasteiger partial charge in [-0.05, 0) is 49.7 Å². The molecule has 0 radical (unpaired) electrons. The van der Waals surface area contributed by atoms with Crippen LogP contribution < -0.4 is 5.32 Å². The Morgan fingerprint density at radius 3 is 2.55 bits per heavy atom. The van der Waals surface area contributed by atoms with Crippen molar-refractivity contribution in [1.29, 1.82) is 0 Å². The average Bonchev–Trinajstić information content (AvgIpc) is 2.33. The Balaban J connectivity index is 2.47. The Labute approximate surface area is 133 Å². The van der Waals surface area contributed by atoms with Gasteiger partial charge in [0.1, 0.15) is 0 Å². The minimum Gasteiger partial charge on any atom is -0.314 e. The van der Waals surface area contributed by atoms with Crippen LogP contribution in [0.2, 0.25) is 0 Å². The molecular weight excluding hydrogens is 312 g/mol. The van der Waals surface area contributed by atoms with E-state index in [1.807, 2.05) is 0 Å². The summed E-state index contributed by atoms with van der Waals surface area (Å²) in [7, 11) is 2.20. The van der Waals surface area contributed by atoms with Crippen molar-refractivity contribution < 1.29 is 0 Å². The first kappa shape index (κ1) is 17.7. The van der Waals surface area contributed by atoms with E-state index in [1.165, 1.54) is 12.0 Å². The van der Waals surface area contributed by atoms with Gasteiger partial charge in [0.05, 0.1) is 0 Å². The van der Waals surface area contributed by atoms with E-state index >= 15 is 0 Å². The van der Waals surface area contributed by atoms with Gasteiger partial charge < -0.3 is 10.2 Å². The maximum Gasteiger partial charge on any atom is 0.0231 e. The van der Waals surface area contributed by atoms with E-state index < -0.39 is 0 Å². The number of nitrogens with zero attached hydrogens (tertiary/aromatic N) is 1. The second-order valence-electron chi connectivity index (χ2n) is 6.63. The summed E-state index contributed by atoms with van der Waals surface area (Å²) in [5.41, 5.74) is 1.67. The fourth-order valence-corrected chi connectivity index (χ4v) is 2.91. The molecule has 0 spiro atoms. The molecule has 0 saturated carbocycles. The van der Waals surface area contributed by atoms with Crippen LogP contribution in [0.5, 0.6) is 0 Å². The standard InChI is InChI=1S/C17H29BrN2/c1-6-19-16(17(2,3)4)10-11-20(5)13-14-8-7-9-15(18)12-14/h7-9,12,16,19H,6,10-11,13H2,1-5H3. The molecule has 0 aliphatic rings. The first-order chi connectivity index (χ1) is 9.32. The molecule has 0 amide bonds. The van der Waals surface area contributed by atoms with Gasteiger partial charge >= 0.3 is 0 Å². The molecule has 1 aromatic rings. The van der Waals surface area contributed by atoms with Crippen LogP contribution in [0.25, 0.3) is 0 Å². The molecule has 0 aliphatic carbocycles. The van der Waals surface area contributed by atoms with Crippen molar-refractivity contribution in [1.82, 2.24) is 10.2 Å². The largest absolute Gasteiger partial charge is 0.314 e. The third-order valence-corrected chi connectivity index (χ3v) is 4.13. The topological polar surface area (TPSA) is 15.3 Å². The Hall–Kier alpha value is -0.380. The lowest BCUT2D eigenvalue weighted by Gasteiger charge is -2.33. The summed E-state index contributed by atoms with van der Waals surface area (Å²) < 4.78 is 1.16. The van der Waals surface area contributed by atoms with Gasteiger partial charge in [-0.15, -0.1) is 0 Å². The van der Waals surface area contributed by atoms with Crippen molar-refractivity contribution in [2.24, 2.45) is 5.41 Å². The van der Waals surface area contributed by atoms with Gasteiger partial charge in [-0.2, -0.15) is 0 Å². The summed E-state index contributed by atoms with van der Waals surface area (Å²) in [6.45, 7) is 12.3. The Morgan fingerprint density at radius 1 is 1.30 bits per heavy atom. The first-order valence-electron chi connectivity index (χ1n) is 7.49. The molecule has 0 bridgehead atoms. The van der Waals surface area contributed by atoms with Gasteiger partial charge in [-0.1, -0.05) is 55.8 Å². The van der Waals surface area contributed by atoms with Crippen LogP contribution in [0.15, 0.2) is 28.7 Å². The number of hydrogen-bond donors (Lipinski definition) is 1. The molecule has 0 heterocycles. The maximum atomic E-state index is 3.62. The molecule has 114 valence electrons. The highest BCUT2D eigenvalue weighted by atomic mass is 79.9. The van der Waals surface area contributed by atoms with Crippen molar-refractivity contribution >= 4 is 15.9 Å². The SMILES string of the molecule is CCNC(CCN(C)Cc1cccc(Br)c1)C(C)(C)C. The highest BCUT2D eigenvalue weighted by Gasteiger charge is 2.23. The zero-order chi connectivity index (χ0) is 15.2. The number of benzene rings is 1. The predicted molar refractivity (Wildman–Crippen MR) is 92.0 cm³/mol. The van der Waals surface area contributed by atoms with Crippen molar-refractivity contribution in [3.63, 3.8) is 0 Å². The predicted octanol–water partition coefficient (Wildman–Crippen LogP) is 4.30. The summed E-state index contributed by atoms with van der Waals surface area (Å²) in [4.78, 5) is 2.40. The van der Waals surface area contributed by atoms with E-state index in [2.05, 4.69) is 85.2 Å². The van der Waals surface area contributed by atoms with Crippen LogP contribution >= 0.6 is 15.9 Å². The van der Waals surface area contributed by atoms with Crippen LogP contribution in [0.3, 0.4) is 0 Å². The fourth-order valence-electron chi connectivity index (χ4n) is 2.46. The Bertz CT molecular complexity index is 398. The van der Waals surface area contributed by atoms with Crippen LogP contribution in [-0.4, -0.2) is 31.1 Å². The lowest BCUT2D eigenvalue weighted by molar-refractivity contribution is 0.221. The second-order valence-corrected chi connectivity index (χ2v) is 7.55. The third kappa shape index (κ3) is 6.38. The monoisotopic (exact) mass is 340 g/mol. The molecule has 20 heavy (non-hydrogen) atoms. The zero-order valence-electron chi connectivity index (χ0n) is 13.5. The van der Waals surface area contributed by atoms with Gasteiger partial charge in [0.25, 0.3) is 0 Å². The fraction of sp³-hybridized carbons (Fsp3) is 0.647. The molecule has 2 nitrogen and oxygen atoms in total. The van der Waals surface area contributed by atoms with Crippen LogP contribution in [0.4, 0.5) is 0 Å². The number of nitrogens with one attached hydrogen (secondary N) is 1. The van der Waals surface area contributed by atoms with Crippen molar-refractivity contribution in [3.8, 4) is 0 Å². The van der Waals surface area contributed by atoms with Gasteiger partial charge in [0.2, 0.25) is 0 Å². The zero-order valence-corrected chi connectivity index (χ0v) is 15.1. The first-order valence-corrected chi connectivity index (χ1v) is 8.28. The number of halogens is 1. The molecule has 1 aromatic carbocycles. The molecule has 1 rings (SSSR count). The molecule has 0 fully saturated rings. The smallest absolute Gasteiger partial charge is 0.0231 e. The number of rotatable bonds is 7. The minimum atomic E-state index is 0.312. The van der Waals surface area contributed by atoms with Crippen LogP contribution in [0.1, 0.15) is 39.7 Å². The van der Waals surface area contributed by atoms with Gasteiger partial charge in [0, 0.05) is 17.1 Å². The molecule has 3 heteroatoms. The minimum absolute atomic E-state index is 0.312. The van der Waals surface area contributed by atoms with E-state index in [1.54, 1.807) is 0 Å². The molecule has 1 N–H and O–H groups in total. The van der Waals surface area contributed by atoms with Crippen LogP contribution in [-0.2, 0) is 6.54 Å². The second kappa shape index (κ2) is 8.16. The third-order valence-electron chi connectivity index (χ3n) is 3.64. The summed E-state index contributed by atoms with van der Waals surface area (Å²) in [6, 6.07) is 9.13. The van der Waals surface area contributed by atoms with Gasteiger partial charge in [0.15, 0.2) is 0 Å². The molecule has 1 atom stereocenters. The molecule has 0 aromatic heterocycles. The lowest BCUT2D eigenvalue weighted by atomic mass is 9.84. The van der Waals surface area contributed by atoms with E-state index in [9.17, 15) is 0 Å². The molecular formula is C17H29BrN2. The van der Waals surface area contributed by atoms with Crippen molar-refractivity contribution in [2.75, 3.05) is 20.1 Å². The highest BCUT2D eigenvalue weighted by molar-refractivity contribution is 9.10. The van der Waals surface area contributed by atoms with E-state index in [0.717, 1.165) is 24.1 Å². The lowest BCUT2D eigenvalue weighted by Crippen LogP contribution is -2.42. The average molecular weight is 341 g/mol. The molecule has 1 unspecified atom stereocenters. The Morgan fingerprint density at radius 2 is 2.00 bits per heavy atom. The van der Waals surface area contributed by atoms with E-state index in [-0.39, 0.29) is 0 Å². The van der Waals surface area contributed by atoms with Crippen molar-refractivity contribution in [3.05, 3.63) is 34.3 Å². The summed E-state index contributed by atoms with van der Waals surface area (Å²) in [5, 5.41) is 3.62. The quantitative estimate of drug-likeness (QED) is 0.796.